The molecule has 1 N–H and O–H groups in total. The summed E-state index contributed by atoms with van der Waals surface area (Å²) in [7, 11) is 1.26. The second-order valence-corrected chi connectivity index (χ2v) is 4.25. The predicted molar refractivity (Wildman–Crippen MR) is 78.2 cm³/mol. The monoisotopic (exact) mass is 291 g/mol. The van der Waals surface area contributed by atoms with E-state index in [2.05, 4.69) is 9.72 Å². The number of methoxy groups -OCH3 is 1. The number of aromatic amines is 1. The van der Waals surface area contributed by atoms with E-state index in [1.54, 1.807) is 12.1 Å². The molecule has 1 aromatic heterocycles. The third-order valence-corrected chi connectivity index (χ3v) is 2.90. The van der Waals surface area contributed by atoms with Crippen LogP contribution in [0.25, 0.3) is 10.9 Å². The summed E-state index contributed by atoms with van der Waals surface area (Å²) in [4.78, 5) is 26.5. The summed E-state index contributed by atoms with van der Waals surface area (Å²) in [6.45, 7) is 4.63. The number of nitrogens with one attached hydrogen (secondary N) is 1. The average Bonchev–Trinajstić information content (AvgIpc) is 2.48. The van der Waals surface area contributed by atoms with Crippen LogP contribution in [0.2, 0.25) is 0 Å². The summed E-state index contributed by atoms with van der Waals surface area (Å²) in [5.41, 5.74) is 0.310. The first kappa shape index (κ1) is 14.9. The zero-order valence-electron chi connectivity index (χ0n) is 12.2. The average molecular weight is 291 g/mol. The zero-order valence-corrected chi connectivity index (χ0v) is 12.2. The van der Waals surface area contributed by atoms with E-state index in [1.807, 2.05) is 13.8 Å². The Morgan fingerprint density at radius 2 is 1.71 bits per heavy atom. The van der Waals surface area contributed by atoms with Crippen molar-refractivity contribution in [2.24, 2.45) is 0 Å². The number of pyridine rings is 1. The highest BCUT2D eigenvalue weighted by molar-refractivity contribution is 5.91. The van der Waals surface area contributed by atoms with Gasteiger partial charge >= 0.3 is 5.97 Å². The number of hydrogen-bond acceptors (Lipinski definition) is 5. The fourth-order valence-electron chi connectivity index (χ4n) is 2.01. The summed E-state index contributed by atoms with van der Waals surface area (Å²) < 4.78 is 15.6. The van der Waals surface area contributed by atoms with Gasteiger partial charge in [0.15, 0.2) is 16.9 Å². The van der Waals surface area contributed by atoms with Gasteiger partial charge < -0.3 is 19.2 Å². The molecule has 0 aliphatic rings. The van der Waals surface area contributed by atoms with E-state index in [0.717, 1.165) is 0 Å². The fourth-order valence-corrected chi connectivity index (χ4v) is 2.01. The highest BCUT2D eigenvalue weighted by atomic mass is 16.5. The van der Waals surface area contributed by atoms with E-state index in [9.17, 15) is 9.59 Å². The Labute approximate surface area is 121 Å². The Balaban J connectivity index is 2.66. The van der Waals surface area contributed by atoms with Gasteiger partial charge in [-0.25, -0.2) is 4.79 Å². The quantitative estimate of drug-likeness (QED) is 0.854. The summed E-state index contributed by atoms with van der Waals surface area (Å²) in [6, 6.07) is 4.48. The molecule has 112 valence electrons. The van der Waals surface area contributed by atoms with E-state index >= 15 is 0 Å². The summed E-state index contributed by atoms with van der Waals surface area (Å²) in [6.07, 6.45) is 0. The van der Waals surface area contributed by atoms with Gasteiger partial charge in [0.25, 0.3) is 0 Å². The first-order chi connectivity index (χ1) is 10.1. The van der Waals surface area contributed by atoms with Gasteiger partial charge in [0.1, 0.15) is 5.69 Å². The number of hydrogen-bond donors (Lipinski definition) is 1. The number of benzene rings is 1. The van der Waals surface area contributed by atoms with Crippen molar-refractivity contribution >= 4 is 16.9 Å². The normalized spacial score (nSPS) is 10.4. The van der Waals surface area contributed by atoms with Crippen LogP contribution in [0, 0.1) is 0 Å². The van der Waals surface area contributed by atoms with E-state index in [1.165, 1.54) is 13.2 Å². The molecule has 6 heteroatoms. The van der Waals surface area contributed by atoms with Crippen LogP contribution in [0.4, 0.5) is 0 Å². The van der Waals surface area contributed by atoms with Crippen molar-refractivity contribution in [1.29, 1.82) is 0 Å². The molecule has 6 nitrogen and oxygen atoms in total. The molecule has 0 saturated carbocycles. The molecule has 2 rings (SSSR count). The van der Waals surface area contributed by atoms with Gasteiger partial charge in [-0.2, -0.15) is 0 Å². The molecule has 0 radical (unpaired) electrons. The second-order valence-electron chi connectivity index (χ2n) is 4.25. The molecule has 0 bridgehead atoms. The fraction of sp³-hybridized carbons (Fsp3) is 0.333. The maximum Gasteiger partial charge on any atom is 0.354 e. The van der Waals surface area contributed by atoms with Gasteiger partial charge in [0, 0.05) is 17.5 Å². The molecule has 0 unspecified atom stereocenters. The molecule has 21 heavy (non-hydrogen) atoms. The summed E-state index contributed by atoms with van der Waals surface area (Å²) in [5, 5.41) is 0.426. The number of fused-ring (bicyclic) bond motifs is 1. The molecule has 0 aliphatic heterocycles. The second kappa shape index (κ2) is 6.30. The molecule has 0 saturated heterocycles. The molecule has 0 spiro atoms. The highest BCUT2D eigenvalue weighted by Crippen LogP contribution is 2.31. The van der Waals surface area contributed by atoms with Gasteiger partial charge in [-0.3, -0.25) is 4.79 Å². The lowest BCUT2D eigenvalue weighted by atomic mass is 10.1. The first-order valence-electron chi connectivity index (χ1n) is 6.65. The van der Waals surface area contributed by atoms with Crippen LogP contribution in [0.1, 0.15) is 24.3 Å². The lowest BCUT2D eigenvalue weighted by molar-refractivity contribution is 0.0594. The van der Waals surface area contributed by atoms with E-state index in [0.29, 0.717) is 35.6 Å². The molecular weight excluding hydrogens is 274 g/mol. The maximum absolute atomic E-state index is 12.1. The molecule has 1 aromatic carbocycles. The topological polar surface area (TPSA) is 77.6 Å². The predicted octanol–water partition coefficient (Wildman–Crippen LogP) is 2.11. The van der Waals surface area contributed by atoms with E-state index in [-0.39, 0.29) is 11.1 Å². The van der Waals surface area contributed by atoms with Crippen LogP contribution in [-0.4, -0.2) is 31.3 Å². The third-order valence-electron chi connectivity index (χ3n) is 2.90. The smallest absolute Gasteiger partial charge is 0.354 e. The van der Waals surface area contributed by atoms with Crippen LogP contribution in [-0.2, 0) is 4.74 Å². The van der Waals surface area contributed by atoms with Crippen molar-refractivity contribution in [2.75, 3.05) is 20.3 Å². The van der Waals surface area contributed by atoms with E-state index < -0.39 is 5.97 Å². The number of carbonyl (C=O) groups excluding carboxylic acids is 1. The van der Waals surface area contributed by atoms with E-state index in [4.69, 9.17) is 9.47 Å². The standard InChI is InChI=1S/C15H17NO5/c1-4-20-13-6-9-10(8-14(13)21-5-2)16-11(7-12(9)17)15(18)19-3/h6-8H,4-5H2,1-3H3,(H,16,17). The molecule has 0 amide bonds. The molecule has 0 aliphatic carbocycles. The maximum atomic E-state index is 12.1. The highest BCUT2D eigenvalue weighted by Gasteiger charge is 2.13. The summed E-state index contributed by atoms with van der Waals surface area (Å²) >= 11 is 0. The first-order valence-corrected chi connectivity index (χ1v) is 6.65. The zero-order chi connectivity index (χ0) is 15.4. The SMILES string of the molecule is CCOc1cc2[nH]c(C(=O)OC)cc(=O)c2cc1OCC. The Morgan fingerprint density at radius 1 is 1.10 bits per heavy atom. The lowest BCUT2D eigenvalue weighted by Gasteiger charge is -2.12. The minimum atomic E-state index is -0.596. The van der Waals surface area contributed by atoms with Gasteiger partial charge in [-0.1, -0.05) is 0 Å². The number of aromatic nitrogens is 1. The number of rotatable bonds is 5. The van der Waals surface area contributed by atoms with Crippen LogP contribution in [0.3, 0.4) is 0 Å². The van der Waals surface area contributed by atoms with Crippen molar-refractivity contribution in [3.8, 4) is 11.5 Å². The Bertz CT molecular complexity index is 720. The van der Waals surface area contributed by atoms with Crippen LogP contribution >= 0.6 is 0 Å². The molecular formula is C15H17NO5. The summed E-state index contributed by atoms with van der Waals surface area (Å²) in [5.74, 6) is 0.425. The van der Waals surface area contributed by atoms with Crippen molar-refractivity contribution in [3.05, 3.63) is 34.1 Å². The van der Waals surface area contributed by atoms with Crippen LogP contribution < -0.4 is 14.9 Å². The van der Waals surface area contributed by atoms with Gasteiger partial charge in [0.05, 0.1) is 25.8 Å². The number of carbonyl (C=O) groups is 1. The van der Waals surface area contributed by atoms with Gasteiger partial charge in [0.2, 0.25) is 0 Å². The minimum absolute atomic E-state index is 0.0987. The Hall–Kier alpha value is -2.50. The third kappa shape index (κ3) is 2.99. The molecule has 2 aromatic rings. The molecule has 0 fully saturated rings. The number of ether oxygens (including phenoxy) is 3. The van der Waals surface area contributed by atoms with Crippen LogP contribution in [0.15, 0.2) is 23.0 Å². The molecule has 1 heterocycles. The Kier molecular flexibility index (Phi) is 4.47. The van der Waals surface area contributed by atoms with Gasteiger partial charge in [-0.05, 0) is 19.9 Å². The van der Waals surface area contributed by atoms with Gasteiger partial charge in [-0.15, -0.1) is 0 Å². The van der Waals surface area contributed by atoms with Crippen LogP contribution in [0.5, 0.6) is 11.5 Å². The lowest BCUT2D eigenvalue weighted by Crippen LogP contribution is -2.12. The number of esters is 1. The van der Waals surface area contributed by atoms with Crippen molar-refractivity contribution < 1.29 is 19.0 Å². The minimum Gasteiger partial charge on any atom is -0.490 e. The Morgan fingerprint density at radius 3 is 2.29 bits per heavy atom. The van der Waals surface area contributed by atoms with Crippen molar-refractivity contribution in [2.45, 2.75) is 13.8 Å². The van der Waals surface area contributed by atoms with Crippen molar-refractivity contribution in [3.63, 3.8) is 0 Å². The largest absolute Gasteiger partial charge is 0.490 e. The number of H-pyrrole nitrogens is 1. The van der Waals surface area contributed by atoms with Crippen molar-refractivity contribution in [1.82, 2.24) is 4.98 Å². The molecule has 0 atom stereocenters.